The van der Waals surface area contributed by atoms with Crippen LogP contribution in [0.2, 0.25) is 15.1 Å². The standard InChI is InChI=1S/C11H7Cl3O2/c1-2-16-10(15)4-3-7-5-8(12)6-9(13)11(7)14/h5-6H,2H2,1H3. The fourth-order valence-electron chi connectivity index (χ4n) is 0.932. The molecule has 2 nitrogen and oxygen atoms in total. The van der Waals surface area contributed by atoms with E-state index < -0.39 is 5.97 Å². The lowest BCUT2D eigenvalue weighted by Crippen LogP contribution is -1.99. The second-order valence-corrected chi connectivity index (χ2v) is 3.94. The first kappa shape index (κ1) is 13.2. The van der Waals surface area contributed by atoms with Crippen LogP contribution in [-0.2, 0) is 9.53 Å². The van der Waals surface area contributed by atoms with E-state index in [0.717, 1.165) is 0 Å². The van der Waals surface area contributed by atoms with Crippen molar-refractivity contribution in [2.75, 3.05) is 6.61 Å². The Labute approximate surface area is 108 Å². The van der Waals surface area contributed by atoms with Crippen LogP contribution in [0.25, 0.3) is 0 Å². The Balaban J connectivity index is 3.01. The lowest BCUT2D eigenvalue weighted by Gasteiger charge is -1.99. The van der Waals surface area contributed by atoms with Gasteiger partial charge in [0.15, 0.2) is 0 Å². The van der Waals surface area contributed by atoms with Gasteiger partial charge in [0, 0.05) is 16.5 Å². The molecule has 0 saturated heterocycles. The number of hydrogen-bond donors (Lipinski definition) is 0. The van der Waals surface area contributed by atoms with Gasteiger partial charge in [0.25, 0.3) is 0 Å². The minimum Gasteiger partial charge on any atom is -0.456 e. The topological polar surface area (TPSA) is 26.3 Å². The summed E-state index contributed by atoms with van der Waals surface area (Å²) in [5, 5.41) is 0.966. The van der Waals surface area contributed by atoms with E-state index in [9.17, 15) is 4.79 Å². The lowest BCUT2D eigenvalue weighted by molar-refractivity contribution is -0.136. The molecule has 16 heavy (non-hydrogen) atoms. The Kier molecular flexibility index (Phi) is 4.95. The summed E-state index contributed by atoms with van der Waals surface area (Å²) in [6.45, 7) is 1.97. The summed E-state index contributed by atoms with van der Waals surface area (Å²) in [6.07, 6.45) is 0. The van der Waals surface area contributed by atoms with Gasteiger partial charge in [-0.3, -0.25) is 0 Å². The van der Waals surface area contributed by atoms with Gasteiger partial charge in [-0.05, 0) is 19.1 Å². The SMILES string of the molecule is CCOC(=O)C#Cc1cc(Cl)cc(Cl)c1Cl. The maximum absolute atomic E-state index is 11.0. The highest BCUT2D eigenvalue weighted by molar-refractivity contribution is 6.44. The highest BCUT2D eigenvalue weighted by Gasteiger charge is 2.05. The summed E-state index contributed by atoms with van der Waals surface area (Å²) in [5.74, 6) is 4.22. The molecule has 0 aliphatic carbocycles. The molecular weight excluding hydrogens is 270 g/mol. The summed E-state index contributed by atoms with van der Waals surface area (Å²) in [6, 6.07) is 3.03. The smallest absolute Gasteiger partial charge is 0.384 e. The van der Waals surface area contributed by atoms with Crippen molar-refractivity contribution in [2.45, 2.75) is 6.92 Å². The third-order valence-corrected chi connectivity index (χ3v) is 2.59. The molecule has 5 heteroatoms. The monoisotopic (exact) mass is 276 g/mol. The van der Waals surface area contributed by atoms with E-state index in [-0.39, 0.29) is 11.6 Å². The van der Waals surface area contributed by atoms with Gasteiger partial charge in [-0.2, -0.15) is 0 Å². The molecule has 1 aromatic carbocycles. The second-order valence-electron chi connectivity index (χ2n) is 2.72. The maximum Gasteiger partial charge on any atom is 0.384 e. The van der Waals surface area contributed by atoms with Gasteiger partial charge < -0.3 is 4.74 Å². The van der Waals surface area contributed by atoms with Gasteiger partial charge in [0.2, 0.25) is 0 Å². The highest BCUT2D eigenvalue weighted by Crippen LogP contribution is 2.29. The Bertz CT molecular complexity index is 472. The van der Waals surface area contributed by atoms with Crippen LogP contribution in [0, 0.1) is 11.8 Å². The number of carbonyl (C=O) groups excluding carboxylic acids is 1. The third-order valence-electron chi connectivity index (χ3n) is 1.57. The third kappa shape index (κ3) is 3.61. The number of carbonyl (C=O) groups is 1. The van der Waals surface area contributed by atoms with Gasteiger partial charge in [0.05, 0.1) is 16.7 Å². The van der Waals surface area contributed by atoms with E-state index in [0.29, 0.717) is 15.6 Å². The van der Waals surface area contributed by atoms with Crippen LogP contribution in [0.15, 0.2) is 12.1 Å². The minimum atomic E-state index is -0.616. The minimum absolute atomic E-state index is 0.267. The van der Waals surface area contributed by atoms with Crippen LogP contribution in [0.1, 0.15) is 12.5 Å². The predicted molar refractivity (Wildman–Crippen MR) is 65.0 cm³/mol. The second kappa shape index (κ2) is 6.00. The van der Waals surface area contributed by atoms with E-state index in [2.05, 4.69) is 16.6 Å². The molecule has 0 bridgehead atoms. The number of esters is 1. The molecule has 0 saturated carbocycles. The average Bonchev–Trinajstić information content (AvgIpc) is 2.21. The van der Waals surface area contributed by atoms with E-state index >= 15 is 0 Å². The molecule has 0 atom stereocenters. The summed E-state index contributed by atoms with van der Waals surface area (Å²) in [4.78, 5) is 11.0. The molecule has 0 heterocycles. The van der Waals surface area contributed by atoms with Crippen molar-refractivity contribution in [1.29, 1.82) is 0 Å². The van der Waals surface area contributed by atoms with Crippen LogP contribution >= 0.6 is 34.8 Å². The number of ether oxygens (including phenoxy) is 1. The normalized spacial score (nSPS) is 9.25. The molecule has 0 N–H and O–H groups in total. The molecule has 0 aliphatic heterocycles. The fourth-order valence-corrected chi connectivity index (χ4v) is 1.58. The van der Waals surface area contributed by atoms with Crippen LogP contribution in [0.3, 0.4) is 0 Å². The Morgan fingerprint density at radius 1 is 1.38 bits per heavy atom. The summed E-state index contributed by atoms with van der Waals surface area (Å²) >= 11 is 17.4. The number of halogens is 3. The molecule has 0 fully saturated rings. The zero-order valence-electron chi connectivity index (χ0n) is 8.31. The number of hydrogen-bond acceptors (Lipinski definition) is 2. The van der Waals surface area contributed by atoms with Gasteiger partial charge >= 0.3 is 5.97 Å². The molecule has 0 spiro atoms. The lowest BCUT2D eigenvalue weighted by atomic mass is 10.2. The zero-order valence-corrected chi connectivity index (χ0v) is 10.6. The molecular formula is C11H7Cl3O2. The van der Waals surface area contributed by atoms with Crippen molar-refractivity contribution < 1.29 is 9.53 Å². The molecule has 0 aromatic heterocycles. The van der Waals surface area contributed by atoms with Crippen molar-refractivity contribution in [3.8, 4) is 11.8 Å². The largest absolute Gasteiger partial charge is 0.456 e. The van der Waals surface area contributed by atoms with E-state index in [1.807, 2.05) is 0 Å². The molecule has 0 unspecified atom stereocenters. The summed E-state index contributed by atoms with van der Waals surface area (Å²) in [7, 11) is 0. The summed E-state index contributed by atoms with van der Waals surface area (Å²) < 4.78 is 4.64. The molecule has 0 radical (unpaired) electrons. The van der Waals surface area contributed by atoms with Crippen molar-refractivity contribution in [1.82, 2.24) is 0 Å². The fraction of sp³-hybridized carbons (Fsp3) is 0.182. The van der Waals surface area contributed by atoms with Crippen molar-refractivity contribution in [3.05, 3.63) is 32.8 Å². The zero-order chi connectivity index (χ0) is 12.1. The highest BCUT2D eigenvalue weighted by atomic mass is 35.5. The van der Waals surface area contributed by atoms with E-state index in [4.69, 9.17) is 34.8 Å². The summed E-state index contributed by atoms with van der Waals surface area (Å²) in [5.41, 5.74) is 0.396. The van der Waals surface area contributed by atoms with Crippen LogP contribution in [-0.4, -0.2) is 12.6 Å². The van der Waals surface area contributed by atoms with Crippen molar-refractivity contribution in [2.24, 2.45) is 0 Å². The van der Waals surface area contributed by atoms with Crippen molar-refractivity contribution >= 4 is 40.8 Å². The van der Waals surface area contributed by atoms with Gasteiger partial charge in [-0.25, -0.2) is 4.79 Å². The van der Waals surface area contributed by atoms with Gasteiger partial charge in [-0.15, -0.1) is 0 Å². The predicted octanol–water partition coefficient (Wildman–Crippen LogP) is 3.56. The first-order valence-corrected chi connectivity index (χ1v) is 5.51. The van der Waals surface area contributed by atoms with Crippen LogP contribution < -0.4 is 0 Å². The first-order valence-electron chi connectivity index (χ1n) is 4.38. The molecule has 1 rings (SSSR count). The van der Waals surface area contributed by atoms with Crippen LogP contribution in [0.4, 0.5) is 0 Å². The Hall–Kier alpha value is -0.880. The Morgan fingerprint density at radius 2 is 2.06 bits per heavy atom. The quantitative estimate of drug-likeness (QED) is 0.446. The maximum atomic E-state index is 11.0. The first-order chi connectivity index (χ1) is 7.54. The molecule has 0 amide bonds. The van der Waals surface area contributed by atoms with Gasteiger partial charge in [0.1, 0.15) is 0 Å². The number of rotatable bonds is 1. The average molecular weight is 278 g/mol. The van der Waals surface area contributed by atoms with E-state index in [1.54, 1.807) is 6.92 Å². The number of benzene rings is 1. The van der Waals surface area contributed by atoms with Crippen molar-refractivity contribution in [3.63, 3.8) is 0 Å². The van der Waals surface area contributed by atoms with Crippen LogP contribution in [0.5, 0.6) is 0 Å². The van der Waals surface area contributed by atoms with Gasteiger partial charge in [-0.1, -0.05) is 40.7 Å². The molecule has 1 aromatic rings. The Morgan fingerprint density at radius 3 is 2.69 bits per heavy atom. The molecule has 84 valence electrons. The van der Waals surface area contributed by atoms with E-state index in [1.165, 1.54) is 12.1 Å². The molecule has 0 aliphatic rings.